The number of nitrogens with one attached hydrogen (secondary N) is 2. The molecule has 0 atom stereocenters. The molecule has 2 N–H and O–H groups in total. The van der Waals surface area contributed by atoms with Gasteiger partial charge in [-0.3, -0.25) is 9.59 Å². The highest BCUT2D eigenvalue weighted by molar-refractivity contribution is 7.22. The van der Waals surface area contributed by atoms with Crippen LogP contribution in [0, 0.1) is 0 Å². The van der Waals surface area contributed by atoms with Crippen LogP contribution in [-0.4, -0.2) is 49.6 Å². The topological polar surface area (TPSA) is 83.6 Å². The van der Waals surface area contributed by atoms with Crippen LogP contribution >= 0.6 is 11.3 Å². The third-order valence-electron chi connectivity index (χ3n) is 4.62. The number of hydrogen-bond donors (Lipinski definition) is 2. The lowest BCUT2D eigenvalue weighted by atomic mass is 10.2. The van der Waals surface area contributed by atoms with E-state index in [2.05, 4.69) is 20.5 Å². The summed E-state index contributed by atoms with van der Waals surface area (Å²) in [5, 5.41) is 6.63. The van der Waals surface area contributed by atoms with E-state index in [1.54, 1.807) is 23.5 Å². The third-order valence-corrected chi connectivity index (χ3v) is 5.70. The summed E-state index contributed by atoms with van der Waals surface area (Å²) in [5.41, 5.74) is 2.23. The van der Waals surface area contributed by atoms with Gasteiger partial charge in [-0.25, -0.2) is 4.98 Å². The molecule has 7 nitrogen and oxygen atoms in total. The Kier molecular flexibility index (Phi) is 6.02. The number of carbonyl (C=O) groups is 2. The Bertz CT molecular complexity index is 1000. The predicted molar refractivity (Wildman–Crippen MR) is 115 cm³/mol. The van der Waals surface area contributed by atoms with Crippen molar-refractivity contribution in [1.82, 2.24) is 10.3 Å². The molecule has 3 aromatic rings. The number of amides is 2. The first-order valence-corrected chi connectivity index (χ1v) is 10.4. The first-order chi connectivity index (χ1) is 14.2. The van der Waals surface area contributed by atoms with Crippen molar-refractivity contribution < 1.29 is 14.3 Å². The van der Waals surface area contributed by atoms with Crippen molar-refractivity contribution in [2.45, 2.75) is 6.42 Å². The molecule has 0 unspecified atom stereocenters. The van der Waals surface area contributed by atoms with Gasteiger partial charge in [0.25, 0.3) is 5.91 Å². The maximum absolute atomic E-state index is 12.2. The van der Waals surface area contributed by atoms with Gasteiger partial charge in [0.05, 0.1) is 23.4 Å². The number of benzene rings is 2. The number of aromatic nitrogens is 1. The third kappa shape index (κ3) is 4.90. The Morgan fingerprint density at radius 1 is 1.10 bits per heavy atom. The van der Waals surface area contributed by atoms with E-state index >= 15 is 0 Å². The largest absolute Gasteiger partial charge is 0.378 e. The molecule has 1 aliphatic rings. The van der Waals surface area contributed by atoms with Gasteiger partial charge < -0.3 is 20.3 Å². The molecule has 0 aliphatic carbocycles. The van der Waals surface area contributed by atoms with Crippen LogP contribution < -0.4 is 15.5 Å². The SMILES string of the molecule is O=C(CCNC(=O)c1ccccc1)Nc1ccc2nc(N3CCOCC3)sc2c1. The molecule has 1 saturated heterocycles. The first-order valence-electron chi connectivity index (χ1n) is 9.55. The van der Waals surface area contributed by atoms with Gasteiger partial charge in [0.1, 0.15) is 0 Å². The van der Waals surface area contributed by atoms with Gasteiger partial charge in [-0.2, -0.15) is 0 Å². The fourth-order valence-corrected chi connectivity index (χ4v) is 4.14. The summed E-state index contributed by atoms with van der Waals surface area (Å²) in [6.07, 6.45) is 0.207. The molecule has 1 fully saturated rings. The minimum atomic E-state index is -0.180. The fraction of sp³-hybridized carbons (Fsp3) is 0.286. The fourth-order valence-electron chi connectivity index (χ4n) is 3.08. The summed E-state index contributed by atoms with van der Waals surface area (Å²) < 4.78 is 6.42. The zero-order valence-electron chi connectivity index (χ0n) is 15.9. The number of morpholine rings is 1. The zero-order valence-corrected chi connectivity index (χ0v) is 16.7. The van der Waals surface area contributed by atoms with Crippen LogP contribution in [0.5, 0.6) is 0 Å². The molecule has 150 valence electrons. The van der Waals surface area contributed by atoms with Crippen molar-refractivity contribution in [3.63, 3.8) is 0 Å². The highest BCUT2D eigenvalue weighted by Gasteiger charge is 2.16. The number of rotatable bonds is 6. The molecule has 0 bridgehead atoms. The van der Waals surface area contributed by atoms with E-state index in [0.717, 1.165) is 47.3 Å². The van der Waals surface area contributed by atoms with E-state index in [9.17, 15) is 9.59 Å². The molecule has 2 heterocycles. The molecule has 2 amide bonds. The first kappa shape index (κ1) is 19.4. The van der Waals surface area contributed by atoms with Gasteiger partial charge >= 0.3 is 0 Å². The average Bonchev–Trinajstić information content (AvgIpc) is 3.18. The molecule has 1 aromatic heterocycles. The summed E-state index contributed by atoms with van der Waals surface area (Å²) in [5.74, 6) is -0.323. The van der Waals surface area contributed by atoms with E-state index in [1.807, 2.05) is 36.4 Å². The molecular formula is C21H22N4O3S. The molecule has 4 rings (SSSR count). The van der Waals surface area contributed by atoms with Gasteiger partial charge in [-0.15, -0.1) is 0 Å². The maximum atomic E-state index is 12.2. The number of thiazole rings is 1. The second-order valence-corrected chi connectivity index (χ2v) is 7.71. The van der Waals surface area contributed by atoms with Crippen LogP contribution in [0.25, 0.3) is 10.2 Å². The smallest absolute Gasteiger partial charge is 0.251 e. The Labute approximate surface area is 172 Å². The lowest BCUT2D eigenvalue weighted by molar-refractivity contribution is -0.116. The van der Waals surface area contributed by atoms with Gasteiger partial charge in [-0.1, -0.05) is 29.5 Å². The number of carbonyl (C=O) groups excluding carboxylic acids is 2. The predicted octanol–water partition coefficient (Wildman–Crippen LogP) is 2.89. The van der Waals surface area contributed by atoms with Crippen molar-refractivity contribution in [2.24, 2.45) is 0 Å². The molecule has 0 saturated carbocycles. The van der Waals surface area contributed by atoms with Crippen LogP contribution in [0.2, 0.25) is 0 Å². The van der Waals surface area contributed by atoms with E-state index < -0.39 is 0 Å². The standard InChI is InChI=1S/C21H22N4O3S/c26-19(8-9-22-20(27)15-4-2-1-3-5-15)23-16-6-7-17-18(14-16)29-21(24-17)25-10-12-28-13-11-25/h1-7,14H,8-13H2,(H,22,27)(H,23,26). The second kappa shape index (κ2) is 9.02. The Hall–Kier alpha value is -2.97. The van der Waals surface area contributed by atoms with Crippen LogP contribution in [-0.2, 0) is 9.53 Å². The van der Waals surface area contributed by atoms with Crippen molar-refractivity contribution >= 4 is 44.2 Å². The molecular weight excluding hydrogens is 388 g/mol. The summed E-state index contributed by atoms with van der Waals surface area (Å²) >= 11 is 1.62. The van der Waals surface area contributed by atoms with Crippen LogP contribution in [0.1, 0.15) is 16.8 Å². The van der Waals surface area contributed by atoms with Crippen LogP contribution in [0.3, 0.4) is 0 Å². The number of nitrogens with zero attached hydrogens (tertiary/aromatic N) is 2. The van der Waals surface area contributed by atoms with Crippen molar-refractivity contribution in [1.29, 1.82) is 0 Å². The number of anilines is 2. The van der Waals surface area contributed by atoms with Crippen molar-refractivity contribution in [2.75, 3.05) is 43.1 Å². The molecule has 0 spiro atoms. The van der Waals surface area contributed by atoms with Crippen molar-refractivity contribution in [3.05, 3.63) is 54.1 Å². The lowest BCUT2D eigenvalue weighted by Crippen LogP contribution is -2.36. The number of hydrogen-bond acceptors (Lipinski definition) is 6. The monoisotopic (exact) mass is 410 g/mol. The Morgan fingerprint density at radius 3 is 2.69 bits per heavy atom. The minimum absolute atomic E-state index is 0.143. The summed E-state index contributed by atoms with van der Waals surface area (Å²) in [7, 11) is 0. The van der Waals surface area contributed by atoms with Gasteiger partial charge in [-0.05, 0) is 30.3 Å². The quantitative estimate of drug-likeness (QED) is 0.653. The van der Waals surface area contributed by atoms with E-state index in [1.165, 1.54) is 0 Å². The Morgan fingerprint density at radius 2 is 1.90 bits per heavy atom. The van der Waals surface area contributed by atoms with E-state index in [4.69, 9.17) is 4.74 Å². The summed E-state index contributed by atoms with van der Waals surface area (Å²) in [6, 6.07) is 14.7. The van der Waals surface area contributed by atoms with Crippen LogP contribution in [0.15, 0.2) is 48.5 Å². The summed E-state index contributed by atoms with van der Waals surface area (Å²) in [4.78, 5) is 31.1. The number of fused-ring (bicyclic) bond motifs is 1. The maximum Gasteiger partial charge on any atom is 0.251 e. The normalized spacial score (nSPS) is 14.0. The van der Waals surface area contributed by atoms with Gasteiger partial charge in [0, 0.05) is 37.3 Å². The molecule has 0 radical (unpaired) electrons. The number of ether oxygens (including phenoxy) is 1. The molecule has 2 aromatic carbocycles. The minimum Gasteiger partial charge on any atom is -0.378 e. The second-order valence-electron chi connectivity index (χ2n) is 6.70. The highest BCUT2D eigenvalue weighted by atomic mass is 32.1. The van der Waals surface area contributed by atoms with Crippen molar-refractivity contribution in [3.8, 4) is 0 Å². The molecule has 29 heavy (non-hydrogen) atoms. The highest BCUT2D eigenvalue weighted by Crippen LogP contribution is 2.31. The van der Waals surface area contributed by atoms with E-state index in [0.29, 0.717) is 5.56 Å². The van der Waals surface area contributed by atoms with Gasteiger partial charge in [0.2, 0.25) is 5.91 Å². The van der Waals surface area contributed by atoms with E-state index in [-0.39, 0.29) is 24.8 Å². The molecule has 1 aliphatic heterocycles. The Balaban J connectivity index is 1.31. The average molecular weight is 410 g/mol. The zero-order chi connectivity index (χ0) is 20.1. The lowest BCUT2D eigenvalue weighted by Gasteiger charge is -2.25. The summed E-state index contributed by atoms with van der Waals surface area (Å²) in [6.45, 7) is 3.41. The molecule has 8 heteroatoms. The van der Waals surface area contributed by atoms with Crippen LogP contribution in [0.4, 0.5) is 10.8 Å². The van der Waals surface area contributed by atoms with Gasteiger partial charge in [0.15, 0.2) is 5.13 Å².